The molecule has 2 aromatic rings. The van der Waals surface area contributed by atoms with E-state index in [2.05, 4.69) is 22.4 Å². The highest BCUT2D eigenvalue weighted by Crippen LogP contribution is 2.33. The van der Waals surface area contributed by atoms with Crippen LogP contribution in [-0.4, -0.2) is 16.7 Å². The number of nitrogens with one attached hydrogen (secondary N) is 1. The third-order valence-electron chi connectivity index (χ3n) is 3.77. The number of aromatic nitrogens is 2. The van der Waals surface area contributed by atoms with Gasteiger partial charge < -0.3 is 9.84 Å². The molecule has 1 aliphatic rings. The van der Waals surface area contributed by atoms with Gasteiger partial charge in [-0.25, -0.2) is 4.39 Å². The Labute approximate surface area is 111 Å². The van der Waals surface area contributed by atoms with Gasteiger partial charge in [0, 0.05) is 5.56 Å². The zero-order valence-electron chi connectivity index (χ0n) is 10.8. The van der Waals surface area contributed by atoms with E-state index in [0.29, 0.717) is 17.3 Å². The Morgan fingerprint density at radius 1 is 1.47 bits per heavy atom. The molecule has 4 nitrogen and oxygen atoms in total. The summed E-state index contributed by atoms with van der Waals surface area (Å²) in [6.07, 6.45) is 3.00. The molecular formula is C14H16FN3O. The average Bonchev–Trinajstić information content (AvgIpc) is 3.08. The van der Waals surface area contributed by atoms with E-state index in [9.17, 15) is 4.39 Å². The van der Waals surface area contributed by atoms with E-state index < -0.39 is 0 Å². The predicted molar refractivity (Wildman–Crippen MR) is 68.9 cm³/mol. The summed E-state index contributed by atoms with van der Waals surface area (Å²) in [5, 5.41) is 7.41. The van der Waals surface area contributed by atoms with Crippen LogP contribution in [0.3, 0.4) is 0 Å². The normalized spacial score (nSPS) is 22.8. The van der Waals surface area contributed by atoms with E-state index in [1.54, 1.807) is 12.1 Å². The van der Waals surface area contributed by atoms with Crippen LogP contribution in [0, 0.1) is 5.82 Å². The summed E-state index contributed by atoms with van der Waals surface area (Å²) in [5.41, 5.74) is 0.428. The minimum absolute atomic E-state index is 0.210. The van der Waals surface area contributed by atoms with E-state index in [1.807, 2.05) is 0 Å². The third kappa shape index (κ3) is 2.14. The van der Waals surface area contributed by atoms with Gasteiger partial charge >= 0.3 is 0 Å². The Bertz CT molecular complexity index is 576. The molecule has 1 unspecified atom stereocenters. The predicted octanol–water partition coefficient (Wildman–Crippen LogP) is 2.86. The monoisotopic (exact) mass is 261 g/mol. The van der Waals surface area contributed by atoms with E-state index in [0.717, 1.165) is 25.8 Å². The maximum atomic E-state index is 13.2. The molecule has 1 fully saturated rings. The molecule has 0 aliphatic carbocycles. The van der Waals surface area contributed by atoms with Crippen LogP contribution in [0.15, 0.2) is 28.8 Å². The summed E-state index contributed by atoms with van der Waals surface area (Å²) in [4.78, 5) is 4.44. The molecule has 0 bridgehead atoms. The number of hydrogen-bond acceptors (Lipinski definition) is 4. The lowest BCUT2D eigenvalue weighted by Crippen LogP contribution is -2.36. The number of nitrogens with zero attached hydrogens (tertiary/aromatic N) is 2. The summed E-state index contributed by atoms with van der Waals surface area (Å²) < 4.78 is 18.6. The van der Waals surface area contributed by atoms with Crippen molar-refractivity contribution < 1.29 is 8.91 Å². The molecule has 19 heavy (non-hydrogen) atoms. The van der Waals surface area contributed by atoms with Crippen molar-refractivity contribution in [2.75, 3.05) is 6.54 Å². The average molecular weight is 261 g/mol. The summed E-state index contributed by atoms with van der Waals surface area (Å²) in [6, 6.07) is 6.23. The first kappa shape index (κ1) is 12.3. The fraction of sp³-hybridized carbons (Fsp3) is 0.429. The van der Waals surface area contributed by atoms with Crippen molar-refractivity contribution in [2.45, 2.75) is 31.7 Å². The summed E-state index contributed by atoms with van der Waals surface area (Å²) in [5.74, 6) is 0.746. The summed E-state index contributed by atoms with van der Waals surface area (Å²) in [6.45, 7) is 3.07. The summed E-state index contributed by atoms with van der Waals surface area (Å²) >= 11 is 0. The topological polar surface area (TPSA) is 51.0 Å². The zero-order chi connectivity index (χ0) is 13.3. The molecule has 1 aromatic carbocycles. The Balaban J connectivity index is 1.95. The smallest absolute Gasteiger partial charge is 0.247 e. The first-order chi connectivity index (χ1) is 9.23. The van der Waals surface area contributed by atoms with Crippen LogP contribution in [0.4, 0.5) is 4.39 Å². The van der Waals surface area contributed by atoms with Crippen molar-refractivity contribution in [3.63, 3.8) is 0 Å². The maximum absolute atomic E-state index is 13.2. The SMILES string of the molecule is CCC1(c2nc(-c3cccc(F)c3)no2)CCCN1. The summed E-state index contributed by atoms with van der Waals surface area (Å²) in [7, 11) is 0. The zero-order valence-corrected chi connectivity index (χ0v) is 10.8. The fourth-order valence-corrected chi connectivity index (χ4v) is 2.60. The van der Waals surface area contributed by atoms with Crippen molar-refractivity contribution in [1.29, 1.82) is 0 Å². The molecule has 0 spiro atoms. The highest BCUT2D eigenvalue weighted by atomic mass is 19.1. The molecule has 1 saturated heterocycles. The van der Waals surface area contributed by atoms with Crippen molar-refractivity contribution in [2.24, 2.45) is 0 Å². The fourth-order valence-electron chi connectivity index (χ4n) is 2.60. The van der Waals surface area contributed by atoms with E-state index >= 15 is 0 Å². The van der Waals surface area contributed by atoms with Gasteiger partial charge in [0.25, 0.3) is 0 Å². The minimum atomic E-state index is -0.298. The Morgan fingerprint density at radius 2 is 2.37 bits per heavy atom. The lowest BCUT2D eigenvalue weighted by Gasteiger charge is -2.22. The largest absolute Gasteiger partial charge is 0.337 e. The van der Waals surface area contributed by atoms with Gasteiger partial charge in [-0.05, 0) is 37.9 Å². The molecule has 0 amide bonds. The highest BCUT2D eigenvalue weighted by Gasteiger charge is 2.38. The molecule has 1 atom stereocenters. The third-order valence-corrected chi connectivity index (χ3v) is 3.77. The van der Waals surface area contributed by atoms with E-state index in [4.69, 9.17) is 4.52 Å². The van der Waals surface area contributed by atoms with Gasteiger partial charge in [0.05, 0.1) is 5.54 Å². The number of benzene rings is 1. The number of halogens is 1. The second-order valence-electron chi connectivity index (χ2n) is 4.90. The first-order valence-electron chi connectivity index (χ1n) is 6.59. The van der Waals surface area contributed by atoms with Crippen LogP contribution in [0.25, 0.3) is 11.4 Å². The van der Waals surface area contributed by atoms with Crippen LogP contribution in [-0.2, 0) is 5.54 Å². The Kier molecular flexibility index (Phi) is 3.06. The van der Waals surface area contributed by atoms with Crippen molar-refractivity contribution >= 4 is 0 Å². The van der Waals surface area contributed by atoms with Gasteiger partial charge in [-0.3, -0.25) is 0 Å². The second kappa shape index (κ2) is 4.74. The first-order valence-corrected chi connectivity index (χ1v) is 6.59. The van der Waals surface area contributed by atoms with Crippen molar-refractivity contribution in [3.05, 3.63) is 36.0 Å². The lowest BCUT2D eigenvalue weighted by atomic mass is 9.94. The van der Waals surface area contributed by atoms with E-state index in [-0.39, 0.29) is 11.4 Å². The molecule has 0 saturated carbocycles. The molecule has 1 aliphatic heterocycles. The quantitative estimate of drug-likeness (QED) is 0.923. The highest BCUT2D eigenvalue weighted by molar-refractivity contribution is 5.54. The van der Waals surface area contributed by atoms with Crippen LogP contribution in [0.2, 0.25) is 0 Å². The van der Waals surface area contributed by atoms with Gasteiger partial charge in [0.15, 0.2) is 0 Å². The lowest BCUT2D eigenvalue weighted by molar-refractivity contribution is 0.250. The Morgan fingerprint density at radius 3 is 3.05 bits per heavy atom. The molecule has 100 valence electrons. The van der Waals surface area contributed by atoms with Gasteiger partial charge in [-0.2, -0.15) is 4.98 Å². The van der Waals surface area contributed by atoms with Gasteiger partial charge in [0.2, 0.25) is 11.7 Å². The maximum Gasteiger partial charge on any atom is 0.247 e. The second-order valence-corrected chi connectivity index (χ2v) is 4.90. The van der Waals surface area contributed by atoms with Crippen LogP contribution < -0.4 is 5.32 Å². The van der Waals surface area contributed by atoms with Gasteiger partial charge in [-0.15, -0.1) is 0 Å². The van der Waals surface area contributed by atoms with Crippen molar-refractivity contribution in [1.82, 2.24) is 15.5 Å². The standard InChI is InChI=1S/C14H16FN3O/c1-2-14(7-4-8-16-14)13-17-12(18-19-13)10-5-3-6-11(15)9-10/h3,5-6,9,16H,2,4,7-8H2,1H3. The molecule has 1 aromatic heterocycles. The Hall–Kier alpha value is -1.75. The molecule has 2 heterocycles. The molecule has 0 radical (unpaired) electrons. The minimum Gasteiger partial charge on any atom is -0.337 e. The number of hydrogen-bond donors (Lipinski definition) is 1. The van der Waals surface area contributed by atoms with Crippen molar-refractivity contribution in [3.8, 4) is 11.4 Å². The molecule has 1 N–H and O–H groups in total. The van der Waals surface area contributed by atoms with Gasteiger partial charge in [-0.1, -0.05) is 24.2 Å². The van der Waals surface area contributed by atoms with Crippen LogP contribution >= 0.6 is 0 Å². The van der Waals surface area contributed by atoms with E-state index in [1.165, 1.54) is 12.1 Å². The molecule has 3 rings (SSSR count). The molecular weight excluding hydrogens is 245 g/mol. The molecule has 5 heteroatoms. The van der Waals surface area contributed by atoms with Crippen LogP contribution in [0.5, 0.6) is 0 Å². The number of rotatable bonds is 3. The van der Waals surface area contributed by atoms with Crippen LogP contribution in [0.1, 0.15) is 32.1 Å². The van der Waals surface area contributed by atoms with Gasteiger partial charge in [0.1, 0.15) is 5.82 Å².